The summed E-state index contributed by atoms with van der Waals surface area (Å²) in [4.78, 5) is 45.9. The lowest BCUT2D eigenvalue weighted by Gasteiger charge is -2.38. The molecule has 7 heteroatoms. The zero-order chi connectivity index (χ0) is 28.8. The minimum absolute atomic E-state index is 0.235. The van der Waals surface area contributed by atoms with Crippen LogP contribution in [0, 0.1) is 17.2 Å². The maximum Gasteiger partial charge on any atom is 0.238 e. The fourth-order valence-corrected chi connectivity index (χ4v) is 7.02. The Hall–Kier alpha value is -5.48. The molecular weight excluding hydrogens is 526 g/mol. The molecule has 4 atom stereocenters. The van der Waals surface area contributed by atoms with Crippen LogP contribution >= 0.6 is 0 Å². The summed E-state index contributed by atoms with van der Waals surface area (Å²) in [7, 11) is 0. The molecule has 1 saturated heterocycles. The van der Waals surface area contributed by atoms with Crippen LogP contribution in [0.25, 0.3) is 6.08 Å². The Morgan fingerprint density at radius 1 is 0.881 bits per heavy atom. The predicted octanol–water partition coefficient (Wildman–Crippen LogP) is 5.57. The molecular formula is C35H25N3O4. The Balaban J connectivity index is 1.52. The lowest BCUT2D eigenvalue weighted by molar-refractivity contribution is -0.122. The smallest absolute Gasteiger partial charge is 0.238 e. The first kappa shape index (κ1) is 25.5. The summed E-state index contributed by atoms with van der Waals surface area (Å²) in [5.74, 6) is -1.80. The van der Waals surface area contributed by atoms with Gasteiger partial charge in [-0.15, -0.1) is 0 Å². The summed E-state index contributed by atoms with van der Waals surface area (Å²) in [6.45, 7) is -0.235. The van der Waals surface area contributed by atoms with Crippen LogP contribution in [0.2, 0.25) is 0 Å². The van der Waals surface area contributed by atoms with Gasteiger partial charge in [-0.25, -0.2) is 0 Å². The van der Waals surface area contributed by atoms with E-state index in [0.29, 0.717) is 16.8 Å². The minimum Gasteiger partial charge on any atom is -0.478 e. The minimum atomic E-state index is -1.41. The van der Waals surface area contributed by atoms with Crippen molar-refractivity contribution < 1.29 is 19.1 Å². The van der Waals surface area contributed by atoms with Gasteiger partial charge in [0, 0.05) is 17.5 Å². The van der Waals surface area contributed by atoms with E-state index in [9.17, 15) is 14.4 Å². The molecule has 1 N–H and O–H groups in total. The van der Waals surface area contributed by atoms with Crippen molar-refractivity contribution in [3.63, 3.8) is 0 Å². The van der Waals surface area contributed by atoms with Crippen molar-refractivity contribution in [3.05, 3.63) is 137 Å². The molecule has 204 valence electrons. The van der Waals surface area contributed by atoms with E-state index in [1.54, 1.807) is 48.5 Å². The van der Waals surface area contributed by atoms with Gasteiger partial charge in [-0.05, 0) is 41.0 Å². The number of benzene rings is 4. The fraction of sp³-hybridized carbons (Fsp3) is 0.143. The first-order valence-corrected chi connectivity index (χ1v) is 13.7. The van der Waals surface area contributed by atoms with E-state index in [1.165, 1.54) is 0 Å². The summed E-state index contributed by atoms with van der Waals surface area (Å²) in [5, 5.41) is 12.2. The third kappa shape index (κ3) is 3.55. The summed E-state index contributed by atoms with van der Waals surface area (Å²) < 4.78 is 5.65. The molecule has 0 aliphatic carbocycles. The average molecular weight is 552 g/mol. The molecule has 0 unspecified atom stereocenters. The Labute approximate surface area is 242 Å². The molecule has 1 amide bonds. The molecule has 7 rings (SSSR count). The summed E-state index contributed by atoms with van der Waals surface area (Å²) in [6.07, 6.45) is 3.76. The number of hydrogen-bond donors (Lipinski definition) is 1. The summed E-state index contributed by atoms with van der Waals surface area (Å²) in [6, 6.07) is 31.0. The molecule has 42 heavy (non-hydrogen) atoms. The highest BCUT2D eigenvalue weighted by molar-refractivity contribution is 6.17. The van der Waals surface area contributed by atoms with Crippen LogP contribution in [0.4, 0.5) is 5.69 Å². The third-order valence-electron chi connectivity index (χ3n) is 8.62. The van der Waals surface area contributed by atoms with Gasteiger partial charge in [0.1, 0.15) is 23.3 Å². The number of carbonyl (C=O) groups is 3. The van der Waals surface area contributed by atoms with E-state index < -0.39 is 23.4 Å². The van der Waals surface area contributed by atoms with Crippen LogP contribution in [-0.4, -0.2) is 35.0 Å². The maximum atomic E-state index is 14.8. The first-order valence-electron chi connectivity index (χ1n) is 13.7. The van der Waals surface area contributed by atoms with Gasteiger partial charge in [0.15, 0.2) is 18.2 Å². The fourth-order valence-electron chi connectivity index (χ4n) is 7.02. The van der Waals surface area contributed by atoms with E-state index in [0.717, 1.165) is 11.1 Å². The van der Waals surface area contributed by atoms with E-state index in [-0.39, 0.29) is 35.4 Å². The number of ether oxygens (including phenoxy) is 1. The van der Waals surface area contributed by atoms with Crippen LogP contribution in [0.5, 0.6) is 5.75 Å². The number of amides is 1. The number of ketones is 2. The van der Waals surface area contributed by atoms with Crippen molar-refractivity contribution in [3.8, 4) is 11.8 Å². The number of para-hydroxylation sites is 2. The van der Waals surface area contributed by atoms with Gasteiger partial charge in [-0.3, -0.25) is 14.4 Å². The molecule has 0 aromatic heterocycles. The lowest BCUT2D eigenvalue weighted by atomic mass is 9.62. The summed E-state index contributed by atoms with van der Waals surface area (Å²) in [5.41, 5.74) is 2.36. The van der Waals surface area contributed by atoms with Crippen molar-refractivity contribution in [2.75, 3.05) is 11.9 Å². The first-order chi connectivity index (χ1) is 20.6. The maximum absolute atomic E-state index is 14.8. The molecule has 4 aromatic carbocycles. The predicted molar refractivity (Wildman–Crippen MR) is 157 cm³/mol. The molecule has 0 bridgehead atoms. The highest BCUT2D eigenvalue weighted by atomic mass is 16.5. The van der Waals surface area contributed by atoms with Crippen LogP contribution in [0.1, 0.15) is 43.4 Å². The Morgan fingerprint density at radius 3 is 2.43 bits per heavy atom. The van der Waals surface area contributed by atoms with E-state index in [4.69, 9.17) is 10.00 Å². The molecule has 1 spiro atoms. The molecule has 1 fully saturated rings. The lowest BCUT2D eigenvalue weighted by Crippen LogP contribution is -2.49. The largest absolute Gasteiger partial charge is 0.478 e. The molecule has 3 aliphatic heterocycles. The third-order valence-corrected chi connectivity index (χ3v) is 8.62. The Morgan fingerprint density at radius 2 is 1.60 bits per heavy atom. The van der Waals surface area contributed by atoms with Gasteiger partial charge in [0.25, 0.3) is 0 Å². The van der Waals surface area contributed by atoms with Crippen LogP contribution in [0.3, 0.4) is 0 Å². The normalized spacial score (nSPS) is 23.0. The number of nitrogens with zero attached hydrogens (tertiary/aromatic N) is 2. The SMILES string of the molecule is N#CCOc1ccccc1C(=O)[C@@H]1[C@H](C(=O)c2ccccc2)[C@@]2(C(=O)Nc3ccccc32)[C@@H]2c3ccccc3C=CN12. The second-order valence-electron chi connectivity index (χ2n) is 10.6. The van der Waals surface area contributed by atoms with Gasteiger partial charge in [0.2, 0.25) is 5.91 Å². The monoisotopic (exact) mass is 551 g/mol. The van der Waals surface area contributed by atoms with E-state index in [1.807, 2.05) is 77.8 Å². The van der Waals surface area contributed by atoms with Gasteiger partial charge in [-0.1, -0.05) is 84.9 Å². The number of fused-ring (bicyclic) bond motifs is 6. The van der Waals surface area contributed by atoms with Gasteiger partial charge in [0.05, 0.1) is 17.5 Å². The van der Waals surface area contributed by atoms with Crippen LogP contribution < -0.4 is 10.1 Å². The molecule has 3 aliphatic rings. The van der Waals surface area contributed by atoms with Crippen molar-refractivity contribution in [2.24, 2.45) is 5.92 Å². The average Bonchev–Trinajstić information content (AvgIpc) is 3.52. The van der Waals surface area contributed by atoms with Crippen molar-refractivity contribution in [1.82, 2.24) is 4.90 Å². The molecule has 3 heterocycles. The second kappa shape index (κ2) is 9.86. The van der Waals surface area contributed by atoms with E-state index in [2.05, 4.69) is 5.32 Å². The van der Waals surface area contributed by atoms with Crippen LogP contribution in [0.15, 0.2) is 109 Å². The Bertz CT molecular complexity index is 1830. The number of nitriles is 1. The molecule has 4 aromatic rings. The van der Waals surface area contributed by atoms with E-state index >= 15 is 0 Å². The number of carbonyl (C=O) groups excluding carboxylic acids is 3. The zero-order valence-electron chi connectivity index (χ0n) is 22.4. The van der Waals surface area contributed by atoms with Gasteiger partial charge in [-0.2, -0.15) is 5.26 Å². The highest BCUT2D eigenvalue weighted by Gasteiger charge is 2.70. The Kier molecular flexibility index (Phi) is 5.98. The number of Topliss-reactive ketones (excluding diaryl/α,β-unsaturated/α-hetero) is 2. The topological polar surface area (TPSA) is 99.5 Å². The van der Waals surface area contributed by atoms with Crippen molar-refractivity contribution >= 4 is 29.2 Å². The van der Waals surface area contributed by atoms with Crippen molar-refractivity contribution in [1.29, 1.82) is 5.26 Å². The molecule has 7 nitrogen and oxygen atoms in total. The number of rotatable bonds is 6. The van der Waals surface area contributed by atoms with Crippen molar-refractivity contribution in [2.45, 2.75) is 17.5 Å². The van der Waals surface area contributed by atoms with Gasteiger partial charge >= 0.3 is 0 Å². The highest BCUT2D eigenvalue weighted by Crippen LogP contribution is 2.62. The number of hydrogen-bond acceptors (Lipinski definition) is 6. The van der Waals surface area contributed by atoms with Crippen LogP contribution in [-0.2, 0) is 10.2 Å². The number of anilines is 1. The summed E-state index contributed by atoms with van der Waals surface area (Å²) >= 11 is 0. The zero-order valence-corrected chi connectivity index (χ0v) is 22.4. The molecule has 0 radical (unpaired) electrons. The standard InChI is InChI=1S/C35H25N3O4/c36-19-21-42-28-17-9-6-14-25(28)32(40)30-29(31(39)23-11-2-1-3-12-23)35(26-15-7-8-16-27(26)37-34(35)41)33-24-13-5-4-10-22(24)18-20-38(30)33/h1-18,20,29-30,33H,21H2,(H,37,41)/t29-,30+,33+,35-/m1/s1. The number of nitrogens with one attached hydrogen (secondary N) is 1. The molecule has 0 saturated carbocycles. The second-order valence-corrected chi connectivity index (χ2v) is 10.6. The quantitative estimate of drug-likeness (QED) is 0.315. The van der Waals surface area contributed by atoms with Gasteiger partial charge < -0.3 is 15.0 Å².